The summed E-state index contributed by atoms with van der Waals surface area (Å²) in [5.74, 6) is -3.07. The maximum atomic E-state index is 13.6. The third-order valence-electron chi connectivity index (χ3n) is 8.29. The number of fused-ring (bicyclic) bond motifs is 4. The third-order valence-corrected chi connectivity index (χ3v) is 8.29. The molecule has 35 heavy (non-hydrogen) atoms. The molecule has 8 nitrogen and oxygen atoms in total. The van der Waals surface area contributed by atoms with Crippen LogP contribution in [0.3, 0.4) is 0 Å². The molecule has 8 heteroatoms. The molecule has 0 aromatic heterocycles. The molecule has 186 valence electrons. The summed E-state index contributed by atoms with van der Waals surface area (Å²) in [6.07, 6.45) is 4.25. The molecular formula is C27H32N2O6. The van der Waals surface area contributed by atoms with E-state index in [4.69, 9.17) is 4.74 Å². The lowest BCUT2D eigenvalue weighted by molar-refractivity contribution is -0.142. The second-order valence-electron chi connectivity index (χ2n) is 10.1. The summed E-state index contributed by atoms with van der Waals surface area (Å²) in [6, 6.07) is 5.02. The van der Waals surface area contributed by atoms with Gasteiger partial charge < -0.3 is 9.84 Å². The lowest BCUT2D eigenvalue weighted by Crippen LogP contribution is -2.43. The predicted octanol–water partition coefficient (Wildman–Crippen LogP) is 2.86. The van der Waals surface area contributed by atoms with Crippen molar-refractivity contribution in [1.82, 2.24) is 9.80 Å². The van der Waals surface area contributed by atoms with Crippen LogP contribution in [0.2, 0.25) is 0 Å². The van der Waals surface area contributed by atoms with Gasteiger partial charge in [0.05, 0.1) is 30.8 Å². The Labute approximate surface area is 204 Å². The molecule has 2 aliphatic carbocycles. The van der Waals surface area contributed by atoms with E-state index in [9.17, 15) is 24.3 Å². The van der Waals surface area contributed by atoms with Crippen molar-refractivity contribution < 1.29 is 29.0 Å². The van der Waals surface area contributed by atoms with E-state index in [0.29, 0.717) is 44.5 Å². The SMILES string of the molecule is CCCN1C(=O)C2CC=C3C(CC4C(=O)N(CCC)C(=O)C4C3c3ccc(O)c(OC)c3)C2C1=O. The van der Waals surface area contributed by atoms with Crippen LogP contribution in [0.5, 0.6) is 11.5 Å². The molecule has 1 N–H and O–H groups in total. The van der Waals surface area contributed by atoms with E-state index < -0.39 is 29.6 Å². The van der Waals surface area contributed by atoms with E-state index in [2.05, 4.69) is 0 Å². The Balaban J connectivity index is 1.62. The van der Waals surface area contributed by atoms with Gasteiger partial charge in [0.2, 0.25) is 23.6 Å². The maximum Gasteiger partial charge on any atom is 0.234 e. The van der Waals surface area contributed by atoms with Gasteiger partial charge in [0.25, 0.3) is 0 Å². The zero-order valence-corrected chi connectivity index (χ0v) is 20.4. The van der Waals surface area contributed by atoms with Crippen LogP contribution in [-0.4, -0.2) is 58.7 Å². The minimum Gasteiger partial charge on any atom is -0.504 e. The Morgan fingerprint density at radius 2 is 1.51 bits per heavy atom. The van der Waals surface area contributed by atoms with Crippen molar-refractivity contribution in [2.75, 3.05) is 20.2 Å². The Bertz CT molecular complexity index is 1130. The van der Waals surface area contributed by atoms with Crippen LogP contribution in [0.4, 0.5) is 0 Å². The number of carbonyl (C=O) groups is 4. The van der Waals surface area contributed by atoms with Gasteiger partial charge in [0, 0.05) is 19.0 Å². The molecule has 2 heterocycles. The van der Waals surface area contributed by atoms with Gasteiger partial charge in [0.15, 0.2) is 11.5 Å². The van der Waals surface area contributed by atoms with Crippen LogP contribution in [0.15, 0.2) is 29.8 Å². The quantitative estimate of drug-likeness (QED) is 0.496. The first-order chi connectivity index (χ1) is 16.8. The van der Waals surface area contributed by atoms with Crippen molar-refractivity contribution in [1.29, 1.82) is 0 Å². The Morgan fingerprint density at radius 3 is 2.14 bits per heavy atom. The van der Waals surface area contributed by atoms with E-state index in [-0.39, 0.29) is 35.3 Å². The smallest absolute Gasteiger partial charge is 0.234 e. The largest absolute Gasteiger partial charge is 0.504 e. The molecule has 1 aromatic rings. The van der Waals surface area contributed by atoms with Crippen LogP contribution in [-0.2, 0) is 19.2 Å². The number of amides is 4. The summed E-state index contributed by atoms with van der Waals surface area (Å²) in [5.41, 5.74) is 1.73. The summed E-state index contributed by atoms with van der Waals surface area (Å²) >= 11 is 0. The van der Waals surface area contributed by atoms with Crippen molar-refractivity contribution in [3.8, 4) is 11.5 Å². The molecular weight excluding hydrogens is 448 g/mol. The van der Waals surface area contributed by atoms with E-state index in [1.54, 1.807) is 12.1 Å². The molecule has 1 saturated carbocycles. The van der Waals surface area contributed by atoms with Crippen molar-refractivity contribution in [2.45, 2.75) is 45.4 Å². The number of nitrogens with zero attached hydrogens (tertiary/aromatic N) is 2. The number of rotatable bonds is 6. The van der Waals surface area contributed by atoms with Gasteiger partial charge in [0.1, 0.15) is 0 Å². The number of aromatic hydroxyl groups is 1. The van der Waals surface area contributed by atoms with Gasteiger partial charge in [-0.2, -0.15) is 0 Å². The number of allylic oxidation sites excluding steroid dienone is 2. The minimum absolute atomic E-state index is 0.00828. The number of hydrogen-bond acceptors (Lipinski definition) is 6. The van der Waals surface area contributed by atoms with Crippen molar-refractivity contribution in [3.63, 3.8) is 0 Å². The zero-order chi connectivity index (χ0) is 25.0. The molecule has 2 aliphatic heterocycles. The number of hydrogen-bond donors (Lipinski definition) is 1. The number of benzene rings is 1. The van der Waals surface area contributed by atoms with E-state index >= 15 is 0 Å². The highest BCUT2D eigenvalue weighted by atomic mass is 16.5. The highest BCUT2D eigenvalue weighted by molar-refractivity contribution is 6.08. The van der Waals surface area contributed by atoms with Gasteiger partial charge in [-0.3, -0.25) is 29.0 Å². The predicted molar refractivity (Wildman–Crippen MR) is 126 cm³/mol. The average Bonchev–Trinajstić information content (AvgIpc) is 3.24. The number of imide groups is 2. The molecule has 6 unspecified atom stereocenters. The third kappa shape index (κ3) is 3.40. The number of ether oxygens (including phenoxy) is 1. The van der Waals surface area contributed by atoms with Crippen LogP contribution >= 0.6 is 0 Å². The molecule has 5 rings (SSSR count). The fraction of sp³-hybridized carbons (Fsp3) is 0.556. The summed E-state index contributed by atoms with van der Waals surface area (Å²) < 4.78 is 5.34. The van der Waals surface area contributed by atoms with Crippen LogP contribution in [0, 0.1) is 29.6 Å². The molecule has 4 aliphatic rings. The second kappa shape index (κ2) is 8.81. The highest BCUT2D eigenvalue weighted by Gasteiger charge is 2.61. The lowest BCUT2D eigenvalue weighted by Gasteiger charge is -2.44. The Kier molecular flexibility index (Phi) is 5.93. The first-order valence-corrected chi connectivity index (χ1v) is 12.6. The molecule has 3 fully saturated rings. The maximum absolute atomic E-state index is 13.6. The topological polar surface area (TPSA) is 104 Å². The van der Waals surface area contributed by atoms with Gasteiger partial charge in [-0.25, -0.2) is 0 Å². The first kappa shape index (κ1) is 23.6. The summed E-state index contributed by atoms with van der Waals surface area (Å²) in [5, 5.41) is 10.2. The lowest BCUT2D eigenvalue weighted by atomic mass is 9.57. The second-order valence-corrected chi connectivity index (χ2v) is 10.1. The molecule has 0 radical (unpaired) electrons. The number of likely N-dealkylation sites (tertiary alicyclic amines) is 2. The number of carbonyl (C=O) groups excluding carboxylic acids is 4. The van der Waals surface area contributed by atoms with Gasteiger partial charge in [-0.05, 0) is 49.3 Å². The molecule has 0 spiro atoms. The van der Waals surface area contributed by atoms with Crippen molar-refractivity contribution in [2.24, 2.45) is 29.6 Å². The van der Waals surface area contributed by atoms with Crippen LogP contribution < -0.4 is 4.74 Å². The molecule has 4 amide bonds. The van der Waals surface area contributed by atoms with Gasteiger partial charge in [-0.15, -0.1) is 0 Å². The van der Waals surface area contributed by atoms with Gasteiger partial charge in [-0.1, -0.05) is 31.6 Å². The van der Waals surface area contributed by atoms with Crippen molar-refractivity contribution >= 4 is 23.6 Å². The molecule has 0 bridgehead atoms. The van der Waals surface area contributed by atoms with E-state index in [1.165, 1.54) is 23.0 Å². The van der Waals surface area contributed by atoms with Crippen LogP contribution in [0.1, 0.15) is 51.0 Å². The van der Waals surface area contributed by atoms with Crippen molar-refractivity contribution in [3.05, 3.63) is 35.4 Å². The average molecular weight is 481 g/mol. The number of phenolic OH excluding ortho intramolecular Hbond substituents is 1. The summed E-state index contributed by atoms with van der Waals surface area (Å²) in [4.78, 5) is 56.3. The summed E-state index contributed by atoms with van der Waals surface area (Å²) in [6.45, 7) is 4.65. The number of phenols is 1. The molecule has 1 aromatic carbocycles. The summed E-state index contributed by atoms with van der Waals surface area (Å²) in [7, 11) is 1.47. The monoisotopic (exact) mass is 480 g/mol. The first-order valence-electron chi connectivity index (χ1n) is 12.6. The normalized spacial score (nSPS) is 31.9. The minimum atomic E-state index is -0.568. The van der Waals surface area contributed by atoms with E-state index in [0.717, 1.165) is 11.1 Å². The fourth-order valence-electron chi connectivity index (χ4n) is 6.87. The Hall–Kier alpha value is -3.16. The number of methoxy groups -OCH3 is 1. The Morgan fingerprint density at radius 1 is 0.886 bits per heavy atom. The highest BCUT2D eigenvalue weighted by Crippen LogP contribution is 2.58. The standard InChI is InChI=1S/C27H32N2O6/c1-4-10-28-24(31)16-8-7-15-17(22(16)26(28)33)13-18-23(27(34)29(11-5-2)25(18)32)21(15)14-6-9-19(30)20(12-14)35-3/h6-7,9,12,16-18,21-23,30H,4-5,8,10-11,13H2,1-3H3. The fourth-order valence-corrected chi connectivity index (χ4v) is 6.87. The van der Waals surface area contributed by atoms with Crippen LogP contribution in [0.25, 0.3) is 0 Å². The van der Waals surface area contributed by atoms with E-state index in [1.807, 2.05) is 19.9 Å². The molecule has 2 saturated heterocycles. The zero-order valence-electron chi connectivity index (χ0n) is 20.4. The molecule has 6 atom stereocenters. The van der Waals surface area contributed by atoms with Gasteiger partial charge >= 0.3 is 0 Å².